The topological polar surface area (TPSA) is 77.7 Å². The number of hydrogen-bond donors (Lipinski definition) is 0. The quantitative estimate of drug-likeness (QED) is 0.801. The molecule has 6 nitrogen and oxygen atoms in total. The molecule has 0 fully saturated rings. The normalized spacial score (nSPS) is 11.7. The van der Waals surface area contributed by atoms with E-state index in [-0.39, 0.29) is 5.16 Å². The Labute approximate surface area is 109 Å². The number of aryl methyl sites for hydroxylation is 1. The number of hydrogen-bond acceptors (Lipinski definition) is 5. The number of rotatable bonds is 3. The maximum Gasteiger partial charge on any atom is 0.296 e. The minimum atomic E-state index is -3.90. The molecule has 0 aliphatic carbocycles. The molecule has 0 N–H and O–H groups in total. The molecule has 2 aromatic heterocycles. The summed E-state index contributed by atoms with van der Waals surface area (Å²) >= 11 is 0. The van der Waals surface area contributed by atoms with Crippen LogP contribution in [0.15, 0.2) is 23.6 Å². The standard InChI is InChI=1S/C10H11ClN4O2S/c1-3-15-9(8-4-7(2)5-12-6-8)13-14-10(15)18(11,16)17/h4-6H,3H2,1-2H3. The number of halogens is 1. The van der Waals surface area contributed by atoms with Crippen LogP contribution in [0.3, 0.4) is 0 Å². The molecule has 0 unspecified atom stereocenters. The molecular weight excluding hydrogens is 276 g/mol. The van der Waals surface area contributed by atoms with Crippen molar-refractivity contribution in [3.8, 4) is 11.4 Å². The van der Waals surface area contributed by atoms with E-state index in [0.29, 0.717) is 17.9 Å². The maximum atomic E-state index is 11.4. The van der Waals surface area contributed by atoms with Crippen LogP contribution in [0.25, 0.3) is 11.4 Å². The highest BCUT2D eigenvalue weighted by atomic mass is 35.7. The van der Waals surface area contributed by atoms with E-state index in [1.54, 1.807) is 19.3 Å². The van der Waals surface area contributed by atoms with Gasteiger partial charge in [0.05, 0.1) is 0 Å². The fourth-order valence-electron chi connectivity index (χ4n) is 1.64. The van der Waals surface area contributed by atoms with Crippen molar-refractivity contribution in [2.45, 2.75) is 25.5 Å². The molecule has 0 amide bonds. The van der Waals surface area contributed by atoms with Crippen molar-refractivity contribution in [2.24, 2.45) is 0 Å². The molecule has 0 atom stereocenters. The monoisotopic (exact) mass is 286 g/mol. The number of pyridine rings is 1. The van der Waals surface area contributed by atoms with Gasteiger partial charge in [-0.2, -0.15) is 0 Å². The van der Waals surface area contributed by atoms with Gasteiger partial charge < -0.3 is 0 Å². The molecule has 2 aromatic rings. The summed E-state index contributed by atoms with van der Waals surface area (Å²) < 4.78 is 24.1. The molecular formula is C10H11ClN4O2S. The van der Waals surface area contributed by atoms with E-state index in [1.807, 2.05) is 13.0 Å². The smallest absolute Gasteiger partial charge is 0.296 e. The van der Waals surface area contributed by atoms with E-state index >= 15 is 0 Å². The van der Waals surface area contributed by atoms with E-state index in [9.17, 15) is 8.42 Å². The van der Waals surface area contributed by atoms with Crippen LogP contribution in [0.5, 0.6) is 0 Å². The first-order chi connectivity index (χ1) is 8.43. The Hall–Kier alpha value is -1.47. The minimum absolute atomic E-state index is 0.247. The third-order valence-electron chi connectivity index (χ3n) is 2.38. The summed E-state index contributed by atoms with van der Waals surface area (Å²) in [6.07, 6.45) is 3.31. The highest BCUT2D eigenvalue weighted by Crippen LogP contribution is 2.22. The summed E-state index contributed by atoms with van der Waals surface area (Å²) in [5.74, 6) is 0.438. The van der Waals surface area contributed by atoms with E-state index in [4.69, 9.17) is 10.7 Å². The molecule has 0 aromatic carbocycles. The van der Waals surface area contributed by atoms with Gasteiger partial charge >= 0.3 is 0 Å². The highest BCUT2D eigenvalue weighted by molar-refractivity contribution is 8.13. The zero-order valence-corrected chi connectivity index (χ0v) is 11.4. The first kappa shape index (κ1) is 13.0. The van der Waals surface area contributed by atoms with Gasteiger partial charge in [-0.1, -0.05) is 0 Å². The van der Waals surface area contributed by atoms with Crippen LogP contribution in [0, 0.1) is 6.92 Å². The third kappa shape index (κ3) is 2.37. The molecule has 18 heavy (non-hydrogen) atoms. The fraction of sp³-hybridized carbons (Fsp3) is 0.300. The van der Waals surface area contributed by atoms with Gasteiger partial charge in [-0.3, -0.25) is 9.55 Å². The average molecular weight is 287 g/mol. The molecule has 2 heterocycles. The van der Waals surface area contributed by atoms with Gasteiger partial charge in [-0.05, 0) is 25.5 Å². The predicted octanol–water partition coefficient (Wildman–Crippen LogP) is 1.60. The van der Waals surface area contributed by atoms with E-state index < -0.39 is 9.05 Å². The van der Waals surface area contributed by atoms with Gasteiger partial charge in [-0.25, -0.2) is 8.42 Å². The minimum Gasteiger partial charge on any atom is -0.297 e. The first-order valence-corrected chi connectivity index (χ1v) is 7.54. The molecule has 8 heteroatoms. The molecule has 0 aliphatic heterocycles. The Morgan fingerprint density at radius 1 is 1.33 bits per heavy atom. The molecule has 0 spiro atoms. The Morgan fingerprint density at radius 2 is 2.06 bits per heavy atom. The van der Waals surface area contributed by atoms with Crippen molar-refractivity contribution in [1.82, 2.24) is 19.7 Å². The van der Waals surface area contributed by atoms with Crippen molar-refractivity contribution in [3.63, 3.8) is 0 Å². The van der Waals surface area contributed by atoms with E-state index in [0.717, 1.165) is 5.56 Å². The lowest BCUT2D eigenvalue weighted by atomic mass is 10.2. The van der Waals surface area contributed by atoms with Crippen LogP contribution in [0.1, 0.15) is 12.5 Å². The highest BCUT2D eigenvalue weighted by Gasteiger charge is 2.22. The molecule has 0 aliphatic rings. The fourth-order valence-corrected chi connectivity index (χ4v) is 2.60. The zero-order chi connectivity index (χ0) is 13.3. The lowest BCUT2D eigenvalue weighted by Crippen LogP contribution is -2.06. The summed E-state index contributed by atoms with van der Waals surface area (Å²) in [5.41, 5.74) is 1.66. The SMILES string of the molecule is CCn1c(-c2cncc(C)c2)nnc1S(=O)(=O)Cl. The van der Waals surface area contributed by atoms with E-state index in [1.165, 1.54) is 4.57 Å². The van der Waals surface area contributed by atoms with Gasteiger partial charge in [0.25, 0.3) is 14.2 Å². The number of nitrogens with zero attached hydrogens (tertiary/aromatic N) is 4. The van der Waals surface area contributed by atoms with Crippen LogP contribution in [-0.4, -0.2) is 28.2 Å². The Bertz CT molecular complexity index is 681. The third-order valence-corrected chi connectivity index (χ3v) is 3.54. The second kappa shape index (κ2) is 4.66. The van der Waals surface area contributed by atoms with E-state index in [2.05, 4.69) is 15.2 Å². The summed E-state index contributed by atoms with van der Waals surface area (Å²) in [4.78, 5) is 4.04. The van der Waals surface area contributed by atoms with Gasteiger partial charge in [0.2, 0.25) is 0 Å². The molecule has 2 rings (SSSR count). The maximum absolute atomic E-state index is 11.4. The summed E-state index contributed by atoms with van der Waals surface area (Å²) in [6, 6.07) is 1.85. The first-order valence-electron chi connectivity index (χ1n) is 5.23. The largest absolute Gasteiger partial charge is 0.297 e. The summed E-state index contributed by atoms with van der Waals surface area (Å²) in [7, 11) is 1.41. The van der Waals surface area contributed by atoms with Crippen LogP contribution in [-0.2, 0) is 15.6 Å². The van der Waals surface area contributed by atoms with Crippen molar-refractivity contribution >= 4 is 19.7 Å². The molecule has 0 saturated heterocycles. The van der Waals surface area contributed by atoms with Crippen LogP contribution in [0.2, 0.25) is 0 Å². The molecule has 96 valence electrons. The lowest BCUT2D eigenvalue weighted by Gasteiger charge is -2.05. The Balaban J connectivity index is 2.63. The summed E-state index contributed by atoms with van der Waals surface area (Å²) in [5, 5.41) is 7.26. The molecule has 0 radical (unpaired) electrons. The molecule has 0 saturated carbocycles. The lowest BCUT2D eigenvalue weighted by molar-refractivity contribution is 0.582. The van der Waals surface area contributed by atoms with Crippen molar-refractivity contribution < 1.29 is 8.42 Å². The average Bonchev–Trinajstić information content (AvgIpc) is 2.72. The Kier molecular flexibility index (Phi) is 3.36. The van der Waals surface area contributed by atoms with Crippen molar-refractivity contribution in [2.75, 3.05) is 0 Å². The van der Waals surface area contributed by atoms with Gasteiger partial charge in [-0.15, -0.1) is 10.2 Å². The summed E-state index contributed by atoms with van der Waals surface area (Å²) in [6.45, 7) is 4.08. The van der Waals surface area contributed by atoms with Crippen LogP contribution < -0.4 is 0 Å². The second-order valence-electron chi connectivity index (χ2n) is 3.74. The number of aromatic nitrogens is 4. The molecule has 0 bridgehead atoms. The zero-order valence-electron chi connectivity index (χ0n) is 9.83. The van der Waals surface area contributed by atoms with Crippen molar-refractivity contribution in [3.05, 3.63) is 24.0 Å². The van der Waals surface area contributed by atoms with Gasteiger partial charge in [0.1, 0.15) is 0 Å². The van der Waals surface area contributed by atoms with Gasteiger partial charge in [0.15, 0.2) is 5.82 Å². The van der Waals surface area contributed by atoms with Gasteiger partial charge in [0, 0.05) is 35.2 Å². The van der Waals surface area contributed by atoms with Crippen molar-refractivity contribution in [1.29, 1.82) is 0 Å². The second-order valence-corrected chi connectivity index (χ2v) is 6.20. The van der Waals surface area contributed by atoms with Crippen LogP contribution in [0.4, 0.5) is 0 Å². The predicted molar refractivity (Wildman–Crippen MR) is 66.7 cm³/mol. The Morgan fingerprint density at radius 3 is 2.61 bits per heavy atom. The van der Waals surface area contributed by atoms with Crippen LogP contribution >= 0.6 is 10.7 Å².